The molecule has 0 atom stereocenters. The van der Waals surface area contributed by atoms with Gasteiger partial charge in [-0.15, -0.1) is 10.2 Å². The number of hydrogen-bond donors (Lipinski definition) is 0. The molecule has 0 spiro atoms. The molecule has 5 rings (SSSR count). The molecule has 0 bridgehead atoms. The first-order valence-corrected chi connectivity index (χ1v) is 9.65. The highest BCUT2D eigenvalue weighted by Gasteiger charge is 2.21. The van der Waals surface area contributed by atoms with Crippen molar-refractivity contribution in [3.8, 4) is 17.1 Å². The Bertz CT molecular complexity index is 1210. The molecule has 29 heavy (non-hydrogen) atoms. The molecular formula is C21H22N6O2. The minimum Gasteiger partial charge on any atom is -0.494 e. The van der Waals surface area contributed by atoms with E-state index < -0.39 is 0 Å². The van der Waals surface area contributed by atoms with Crippen LogP contribution >= 0.6 is 0 Å². The maximum atomic E-state index is 5.68. The number of benzene rings is 1. The average Bonchev–Trinajstić information content (AvgIpc) is 3.10. The maximum Gasteiger partial charge on any atom is 0.183 e. The third-order valence-corrected chi connectivity index (χ3v) is 5.39. The number of ether oxygens (including phenoxy) is 2. The fraction of sp³-hybridized carbons (Fsp3) is 0.333. The van der Waals surface area contributed by atoms with Crippen LogP contribution in [0.15, 0.2) is 30.5 Å². The van der Waals surface area contributed by atoms with Crippen LogP contribution in [0.1, 0.15) is 11.4 Å². The van der Waals surface area contributed by atoms with Gasteiger partial charge in [0.15, 0.2) is 16.9 Å². The van der Waals surface area contributed by atoms with Gasteiger partial charge < -0.3 is 14.4 Å². The molecule has 0 amide bonds. The highest BCUT2D eigenvalue weighted by molar-refractivity contribution is 5.89. The molecule has 0 saturated carbocycles. The molecule has 3 aromatic heterocycles. The number of fused-ring (bicyclic) bond motifs is 3. The number of hydrogen-bond acceptors (Lipinski definition) is 7. The van der Waals surface area contributed by atoms with Crippen LogP contribution in [0.3, 0.4) is 0 Å². The number of aromatic nitrogens is 5. The fourth-order valence-corrected chi connectivity index (χ4v) is 3.87. The zero-order valence-corrected chi connectivity index (χ0v) is 16.7. The second-order valence-corrected chi connectivity index (χ2v) is 7.13. The van der Waals surface area contributed by atoms with Gasteiger partial charge in [-0.1, -0.05) is 0 Å². The van der Waals surface area contributed by atoms with Crippen LogP contribution in [0.25, 0.3) is 28.1 Å². The largest absolute Gasteiger partial charge is 0.494 e. The maximum absolute atomic E-state index is 5.68. The molecule has 1 aliphatic rings. The Morgan fingerprint density at radius 3 is 2.66 bits per heavy atom. The van der Waals surface area contributed by atoms with Crippen molar-refractivity contribution in [1.82, 2.24) is 24.6 Å². The quantitative estimate of drug-likeness (QED) is 0.532. The summed E-state index contributed by atoms with van der Waals surface area (Å²) in [5.41, 5.74) is 6.14. The summed E-state index contributed by atoms with van der Waals surface area (Å²) in [4.78, 5) is 11.6. The summed E-state index contributed by atoms with van der Waals surface area (Å²) in [5, 5.41) is 8.91. The zero-order valence-electron chi connectivity index (χ0n) is 16.7. The van der Waals surface area contributed by atoms with E-state index in [0.29, 0.717) is 24.5 Å². The predicted octanol–water partition coefficient (Wildman–Crippen LogP) is 2.80. The van der Waals surface area contributed by atoms with E-state index in [9.17, 15) is 0 Å². The van der Waals surface area contributed by atoms with Gasteiger partial charge in [0.2, 0.25) is 0 Å². The van der Waals surface area contributed by atoms with E-state index in [1.54, 1.807) is 13.3 Å². The molecular weight excluding hydrogens is 368 g/mol. The Labute approximate surface area is 168 Å². The number of aryl methyl sites for hydroxylation is 2. The molecule has 0 aliphatic carbocycles. The van der Waals surface area contributed by atoms with E-state index in [1.807, 2.05) is 32.0 Å². The number of methoxy groups -OCH3 is 1. The van der Waals surface area contributed by atoms with Crippen LogP contribution in [0, 0.1) is 13.8 Å². The lowest BCUT2D eigenvalue weighted by molar-refractivity contribution is 0.122. The summed E-state index contributed by atoms with van der Waals surface area (Å²) >= 11 is 0. The van der Waals surface area contributed by atoms with Crippen LogP contribution in [-0.2, 0) is 4.74 Å². The van der Waals surface area contributed by atoms with E-state index in [0.717, 1.165) is 52.7 Å². The lowest BCUT2D eigenvalue weighted by Gasteiger charge is -2.29. The van der Waals surface area contributed by atoms with Crippen LogP contribution in [0.5, 0.6) is 5.75 Å². The van der Waals surface area contributed by atoms with Crippen molar-refractivity contribution < 1.29 is 9.47 Å². The first-order chi connectivity index (χ1) is 14.2. The third-order valence-electron chi connectivity index (χ3n) is 5.39. The minimum atomic E-state index is 0.693. The van der Waals surface area contributed by atoms with E-state index >= 15 is 0 Å². The lowest BCUT2D eigenvalue weighted by Crippen LogP contribution is -2.36. The van der Waals surface area contributed by atoms with Crippen molar-refractivity contribution in [2.45, 2.75) is 13.8 Å². The summed E-state index contributed by atoms with van der Waals surface area (Å²) in [6, 6.07) is 8.12. The Morgan fingerprint density at radius 2 is 1.90 bits per heavy atom. The van der Waals surface area contributed by atoms with Gasteiger partial charge >= 0.3 is 0 Å². The van der Waals surface area contributed by atoms with Crippen LogP contribution < -0.4 is 9.64 Å². The Hall–Kier alpha value is -3.26. The summed E-state index contributed by atoms with van der Waals surface area (Å²) in [6.07, 6.45) is 1.79. The highest BCUT2D eigenvalue weighted by Crippen LogP contribution is 2.34. The molecule has 1 aromatic carbocycles. The highest BCUT2D eigenvalue weighted by atomic mass is 16.5. The monoisotopic (exact) mass is 390 g/mol. The number of imidazole rings is 1. The number of pyridine rings is 1. The number of morpholine rings is 1. The van der Waals surface area contributed by atoms with E-state index in [4.69, 9.17) is 14.5 Å². The minimum absolute atomic E-state index is 0.693. The van der Waals surface area contributed by atoms with Crippen molar-refractivity contribution >= 4 is 22.4 Å². The number of rotatable bonds is 3. The average molecular weight is 390 g/mol. The van der Waals surface area contributed by atoms with Gasteiger partial charge in [-0.25, -0.2) is 4.98 Å². The molecule has 0 radical (unpaired) electrons. The number of anilines is 1. The molecule has 148 valence electrons. The molecule has 8 nitrogen and oxygen atoms in total. The van der Waals surface area contributed by atoms with Crippen molar-refractivity contribution in [2.24, 2.45) is 0 Å². The molecule has 0 unspecified atom stereocenters. The van der Waals surface area contributed by atoms with Gasteiger partial charge in [-0.2, -0.15) is 0 Å². The van der Waals surface area contributed by atoms with Gasteiger partial charge in [-0.05, 0) is 32.0 Å². The molecule has 1 aliphatic heterocycles. The van der Waals surface area contributed by atoms with Crippen LogP contribution in [0.2, 0.25) is 0 Å². The van der Waals surface area contributed by atoms with E-state index in [-0.39, 0.29) is 0 Å². The summed E-state index contributed by atoms with van der Waals surface area (Å²) in [6.45, 7) is 7.06. The molecule has 4 heterocycles. The van der Waals surface area contributed by atoms with Gasteiger partial charge in [0, 0.05) is 42.3 Å². The SMILES string of the molecule is COc1cc(N2CCOCC2)cc2c1nnc1c(C)nc(-c3cccnc3C)n12. The second kappa shape index (κ2) is 6.97. The Morgan fingerprint density at radius 1 is 1.07 bits per heavy atom. The Kier molecular flexibility index (Phi) is 4.28. The lowest BCUT2D eigenvalue weighted by atomic mass is 10.2. The predicted molar refractivity (Wildman–Crippen MR) is 111 cm³/mol. The van der Waals surface area contributed by atoms with E-state index in [1.165, 1.54) is 0 Å². The van der Waals surface area contributed by atoms with Crippen molar-refractivity contribution in [3.05, 3.63) is 41.9 Å². The van der Waals surface area contributed by atoms with Crippen LogP contribution in [0.4, 0.5) is 5.69 Å². The third kappa shape index (κ3) is 2.87. The smallest absolute Gasteiger partial charge is 0.183 e. The zero-order chi connectivity index (χ0) is 20.0. The standard InChI is InChI=1S/C21H22N6O2/c1-13-16(5-4-6-22-13)21-23-14(2)20-25-24-19-17(27(20)21)11-15(12-18(19)28-3)26-7-9-29-10-8-26/h4-6,11-12H,7-10H2,1-3H3. The van der Waals surface area contributed by atoms with Gasteiger partial charge in [0.25, 0.3) is 0 Å². The fourth-order valence-electron chi connectivity index (χ4n) is 3.87. The molecule has 4 aromatic rings. The molecule has 1 saturated heterocycles. The second-order valence-electron chi connectivity index (χ2n) is 7.13. The summed E-state index contributed by atoms with van der Waals surface area (Å²) < 4.78 is 13.3. The first-order valence-electron chi connectivity index (χ1n) is 9.65. The van der Waals surface area contributed by atoms with E-state index in [2.05, 4.69) is 30.5 Å². The van der Waals surface area contributed by atoms with Crippen molar-refractivity contribution in [1.29, 1.82) is 0 Å². The topological polar surface area (TPSA) is 77.7 Å². The summed E-state index contributed by atoms with van der Waals surface area (Å²) in [7, 11) is 1.66. The molecule has 0 N–H and O–H groups in total. The first kappa shape index (κ1) is 17.8. The summed E-state index contributed by atoms with van der Waals surface area (Å²) in [5.74, 6) is 1.50. The van der Waals surface area contributed by atoms with Gasteiger partial charge in [-0.3, -0.25) is 9.38 Å². The Balaban J connectivity index is 1.84. The molecule has 1 fully saturated rings. The number of nitrogens with zero attached hydrogens (tertiary/aromatic N) is 6. The van der Waals surface area contributed by atoms with Gasteiger partial charge in [0.05, 0.1) is 31.5 Å². The molecule has 8 heteroatoms. The normalized spacial score (nSPS) is 14.7. The van der Waals surface area contributed by atoms with Crippen molar-refractivity contribution in [2.75, 3.05) is 38.3 Å². The van der Waals surface area contributed by atoms with Gasteiger partial charge in [0.1, 0.15) is 5.82 Å². The van der Waals surface area contributed by atoms with Crippen molar-refractivity contribution in [3.63, 3.8) is 0 Å². The van der Waals surface area contributed by atoms with Crippen LogP contribution in [-0.4, -0.2) is 58.0 Å².